The van der Waals surface area contributed by atoms with Crippen LogP contribution in [0.4, 0.5) is 0 Å². The molecule has 3 heteroatoms. The van der Waals surface area contributed by atoms with Crippen molar-refractivity contribution >= 4 is 5.71 Å². The maximum atomic E-state index is 8.67. The zero-order chi connectivity index (χ0) is 14.4. The minimum atomic E-state index is 0.379. The van der Waals surface area contributed by atoms with Gasteiger partial charge >= 0.3 is 0 Å². The van der Waals surface area contributed by atoms with E-state index in [-0.39, 0.29) is 0 Å². The summed E-state index contributed by atoms with van der Waals surface area (Å²) >= 11 is 0. The lowest BCUT2D eigenvalue weighted by Gasteiger charge is -2.28. The van der Waals surface area contributed by atoms with Crippen LogP contribution in [-0.2, 0) is 6.42 Å². The largest absolute Gasteiger partial charge is 0.490 e. The summed E-state index contributed by atoms with van der Waals surface area (Å²) in [4.78, 5) is 0. The highest BCUT2D eigenvalue weighted by molar-refractivity contribution is 5.83. The van der Waals surface area contributed by atoms with Crippen molar-refractivity contribution in [3.8, 4) is 5.75 Å². The molecule has 0 amide bonds. The summed E-state index contributed by atoms with van der Waals surface area (Å²) in [5, 5.41) is 11.9. The molecule has 1 aliphatic rings. The average molecular weight is 275 g/mol. The number of ether oxygens (including phenoxy) is 1. The molecule has 1 N–H and O–H groups in total. The van der Waals surface area contributed by atoms with Crippen LogP contribution in [0.5, 0.6) is 5.75 Å². The number of hydrogen-bond acceptors (Lipinski definition) is 3. The van der Waals surface area contributed by atoms with Crippen molar-refractivity contribution in [2.45, 2.75) is 58.5 Å². The summed E-state index contributed by atoms with van der Waals surface area (Å²) < 4.78 is 6.05. The molecule has 0 spiro atoms. The van der Waals surface area contributed by atoms with Crippen molar-refractivity contribution in [2.24, 2.45) is 11.1 Å². The van der Waals surface area contributed by atoms with Gasteiger partial charge in [-0.25, -0.2) is 0 Å². The predicted molar refractivity (Wildman–Crippen MR) is 81.7 cm³/mol. The van der Waals surface area contributed by atoms with Crippen LogP contribution in [0.2, 0.25) is 0 Å². The van der Waals surface area contributed by atoms with Crippen LogP contribution in [0.3, 0.4) is 0 Å². The highest BCUT2D eigenvalue weighted by atomic mass is 16.5. The minimum Gasteiger partial charge on any atom is -0.490 e. The fraction of sp³-hybridized carbons (Fsp3) is 0.588. The van der Waals surface area contributed by atoms with Crippen molar-refractivity contribution in [1.82, 2.24) is 0 Å². The first kappa shape index (κ1) is 14.9. The van der Waals surface area contributed by atoms with E-state index < -0.39 is 0 Å². The molecule has 0 radical (unpaired) electrons. The quantitative estimate of drug-likeness (QED) is 0.491. The fourth-order valence-electron chi connectivity index (χ4n) is 2.87. The maximum absolute atomic E-state index is 8.67. The third-order valence-electron chi connectivity index (χ3n) is 4.23. The van der Waals surface area contributed by atoms with Gasteiger partial charge in [-0.2, -0.15) is 0 Å². The smallest absolute Gasteiger partial charge is 0.119 e. The van der Waals surface area contributed by atoms with Crippen LogP contribution >= 0.6 is 0 Å². The Morgan fingerprint density at radius 2 is 1.85 bits per heavy atom. The number of oxime groups is 1. The number of benzene rings is 1. The van der Waals surface area contributed by atoms with E-state index in [0.29, 0.717) is 12.5 Å². The van der Waals surface area contributed by atoms with Crippen molar-refractivity contribution < 1.29 is 9.94 Å². The summed E-state index contributed by atoms with van der Waals surface area (Å²) in [6.45, 7) is 4.10. The lowest BCUT2D eigenvalue weighted by Crippen LogP contribution is -2.23. The van der Waals surface area contributed by atoms with Crippen molar-refractivity contribution in [1.29, 1.82) is 0 Å². The Hall–Kier alpha value is -1.51. The molecular formula is C17H25NO2. The molecular weight excluding hydrogens is 250 g/mol. The molecule has 1 saturated carbocycles. The first-order chi connectivity index (χ1) is 9.71. The second-order valence-corrected chi connectivity index (χ2v) is 5.82. The molecule has 0 heterocycles. The molecule has 1 aromatic rings. The molecule has 0 aliphatic heterocycles. The lowest BCUT2D eigenvalue weighted by atomic mass is 9.86. The van der Waals surface area contributed by atoms with Gasteiger partial charge in [0.2, 0.25) is 0 Å². The molecule has 1 fully saturated rings. The Morgan fingerprint density at radius 1 is 1.20 bits per heavy atom. The Balaban J connectivity index is 1.85. The van der Waals surface area contributed by atoms with E-state index in [1.165, 1.54) is 32.1 Å². The topological polar surface area (TPSA) is 41.8 Å². The van der Waals surface area contributed by atoms with E-state index in [0.717, 1.165) is 22.9 Å². The third-order valence-corrected chi connectivity index (χ3v) is 4.23. The molecule has 20 heavy (non-hydrogen) atoms. The van der Waals surface area contributed by atoms with Gasteiger partial charge in [-0.1, -0.05) is 30.6 Å². The normalized spacial score (nSPS) is 23.6. The van der Waals surface area contributed by atoms with Gasteiger partial charge in [0.05, 0.1) is 11.8 Å². The summed E-state index contributed by atoms with van der Waals surface area (Å²) in [5.74, 6) is 1.85. The fourth-order valence-corrected chi connectivity index (χ4v) is 2.87. The molecule has 0 atom stereocenters. The maximum Gasteiger partial charge on any atom is 0.119 e. The van der Waals surface area contributed by atoms with Crippen molar-refractivity contribution in [3.05, 3.63) is 29.8 Å². The van der Waals surface area contributed by atoms with Crippen molar-refractivity contribution in [2.75, 3.05) is 0 Å². The zero-order valence-corrected chi connectivity index (χ0v) is 12.5. The number of hydrogen-bond donors (Lipinski definition) is 1. The average Bonchev–Trinajstić information content (AvgIpc) is 2.50. The summed E-state index contributed by atoms with van der Waals surface area (Å²) in [5.41, 5.74) is 1.86. The monoisotopic (exact) mass is 275 g/mol. The van der Waals surface area contributed by atoms with Crippen LogP contribution in [0.1, 0.15) is 51.5 Å². The van der Waals surface area contributed by atoms with E-state index in [1.54, 1.807) is 0 Å². The van der Waals surface area contributed by atoms with Gasteiger partial charge in [0, 0.05) is 6.42 Å². The molecule has 0 unspecified atom stereocenters. The molecule has 110 valence electrons. The first-order valence-electron chi connectivity index (χ1n) is 7.64. The van der Waals surface area contributed by atoms with Crippen molar-refractivity contribution in [3.63, 3.8) is 0 Å². The van der Waals surface area contributed by atoms with E-state index in [2.05, 4.69) is 12.1 Å². The Morgan fingerprint density at radius 3 is 2.40 bits per heavy atom. The second-order valence-electron chi connectivity index (χ2n) is 5.82. The van der Waals surface area contributed by atoms with Gasteiger partial charge in [-0.05, 0) is 56.2 Å². The summed E-state index contributed by atoms with van der Waals surface area (Å²) in [6.07, 6.45) is 7.31. The Bertz CT molecular complexity index is 431. The first-order valence-corrected chi connectivity index (χ1v) is 7.64. The predicted octanol–water partition coefficient (Wildman–Crippen LogP) is 4.43. The lowest BCUT2D eigenvalue weighted by molar-refractivity contribution is 0.130. The molecule has 1 aliphatic carbocycles. The molecule has 1 aromatic carbocycles. The van der Waals surface area contributed by atoms with Crippen LogP contribution in [0, 0.1) is 5.92 Å². The highest BCUT2D eigenvalue weighted by Gasteiger charge is 2.21. The van der Waals surface area contributed by atoms with Gasteiger partial charge < -0.3 is 9.94 Å². The van der Waals surface area contributed by atoms with Crippen LogP contribution in [-0.4, -0.2) is 17.0 Å². The summed E-state index contributed by atoms with van der Waals surface area (Å²) in [6, 6.07) is 8.13. The Kier molecular flexibility index (Phi) is 5.45. The van der Waals surface area contributed by atoms with Gasteiger partial charge in [0.25, 0.3) is 0 Å². The summed E-state index contributed by atoms with van der Waals surface area (Å²) in [7, 11) is 0. The van der Waals surface area contributed by atoms with Crippen LogP contribution in [0.15, 0.2) is 29.4 Å². The molecule has 2 rings (SSSR count). The standard InChI is InChI=1S/C17H25NO2/c1-3-14-4-8-16(9-5-14)20-17-10-6-15(7-11-17)12-13(2)18-19/h6-7,10-11,14,16,19H,3-5,8-9,12H2,1-2H3/b18-13+. The molecule has 3 nitrogen and oxygen atoms in total. The number of rotatable bonds is 5. The molecule has 0 bridgehead atoms. The van der Waals surface area contributed by atoms with Gasteiger partial charge in [0.15, 0.2) is 0 Å². The van der Waals surface area contributed by atoms with Gasteiger partial charge in [-0.15, -0.1) is 0 Å². The molecule has 0 saturated heterocycles. The van der Waals surface area contributed by atoms with E-state index in [1.807, 2.05) is 31.2 Å². The molecule has 0 aromatic heterocycles. The van der Waals surface area contributed by atoms with E-state index in [9.17, 15) is 0 Å². The van der Waals surface area contributed by atoms with Gasteiger partial charge in [0.1, 0.15) is 5.75 Å². The van der Waals surface area contributed by atoms with E-state index in [4.69, 9.17) is 9.94 Å². The highest BCUT2D eigenvalue weighted by Crippen LogP contribution is 2.29. The number of nitrogens with zero attached hydrogens (tertiary/aromatic N) is 1. The SMILES string of the molecule is CCC1CCC(Oc2ccc(C/C(C)=N/O)cc2)CC1. The van der Waals surface area contributed by atoms with Gasteiger partial charge in [-0.3, -0.25) is 0 Å². The second kappa shape index (κ2) is 7.32. The van der Waals surface area contributed by atoms with Crippen LogP contribution in [0.25, 0.3) is 0 Å². The Labute approximate surface area is 121 Å². The van der Waals surface area contributed by atoms with Crippen LogP contribution < -0.4 is 4.74 Å². The zero-order valence-electron chi connectivity index (χ0n) is 12.5. The third kappa shape index (κ3) is 4.26. The van der Waals surface area contributed by atoms with E-state index >= 15 is 0 Å². The minimum absolute atomic E-state index is 0.379.